The van der Waals surface area contributed by atoms with Gasteiger partial charge in [0.15, 0.2) is 0 Å². The van der Waals surface area contributed by atoms with Crippen molar-refractivity contribution in [1.29, 1.82) is 0 Å². The summed E-state index contributed by atoms with van der Waals surface area (Å²) in [6.45, 7) is 0. The predicted molar refractivity (Wildman–Crippen MR) is 97.4 cm³/mol. The predicted octanol–water partition coefficient (Wildman–Crippen LogP) is 5.06. The van der Waals surface area contributed by atoms with Gasteiger partial charge in [-0.25, -0.2) is 0 Å². The fourth-order valence-electron chi connectivity index (χ4n) is 2.78. The Bertz CT molecular complexity index is 878. The maximum absolute atomic E-state index is 4.69. The average molecular weight is 296 g/mol. The van der Waals surface area contributed by atoms with Crippen LogP contribution >= 0.6 is 0 Å². The van der Waals surface area contributed by atoms with E-state index in [1.165, 1.54) is 0 Å². The van der Waals surface area contributed by atoms with Crippen molar-refractivity contribution in [3.8, 4) is 0 Å². The van der Waals surface area contributed by atoms with Gasteiger partial charge in [0.1, 0.15) is 0 Å². The minimum absolute atomic E-state index is 0.952. The number of para-hydroxylation sites is 1. The Morgan fingerprint density at radius 1 is 0.609 bits per heavy atom. The van der Waals surface area contributed by atoms with Crippen molar-refractivity contribution in [2.24, 2.45) is 5.10 Å². The van der Waals surface area contributed by atoms with E-state index in [4.69, 9.17) is 5.10 Å². The summed E-state index contributed by atoms with van der Waals surface area (Å²) in [6.07, 6.45) is 2.20. The summed E-state index contributed by atoms with van der Waals surface area (Å²) in [7, 11) is 0. The molecule has 0 atom stereocenters. The van der Waals surface area contributed by atoms with Gasteiger partial charge in [-0.05, 0) is 17.7 Å². The Kier molecular flexibility index (Phi) is 3.49. The van der Waals surface area contributed by atoms with E-state index in [1.807, 2.05) is 42.5 Å². The van der Waals surface area contributed by atoms with E-state index in [9.17, 15) is 0 Å². The fraction of sp³-hybridized carbons (Fsp3) is 0. The highest BCUT2D eigenvalue weighted by Gasteiger charge is 2.16. The largest absolute Gasteiger partial charge is 0.277 e. The molecule has 4 rings (SSSR count). The Morgan fingerprint density at radius 3 is 1.96 bits per heavy atom. The molecule has 2 heteroatoms. The molecule has 1 heterocycles. The highest BCUT2D eigenvalue weighted by atomic mass is 15.3. The number of nitrogens with one attached hydrogen (secondary N) is 1. The van der Waals surface area contributed by atoms with E-state index in [2.05, 4.69) is 54.0 Å². The number of hydrazone groups is 1. The van der Waals surface area contributed by atoms with Gasteiger partial charge in [0.2, 0.25) is 0 Å². The summed E-state index contributed by atoms with van der Waals surface area (Å²) in [5, 5.41) is 4.69. The molecular formula is C21H16N2. The molecule has 1 N–H and O–H groups in total. The van der Waals surface area contributed by atoms with Crippen molar-refractivity contribution in [3.05, 3.63) is 102 Å². The van der Waals surface area contributed by atoms with Gasteiger partial charge in [-0.2, -0.15) is 5.10 Å². The number of anilines is 1. The van der Waals surface area contributed by atoms with Crippen LogP contribution in [0, 0.1) is 0 Å². The maximum atomic E-state index is 4.69. The molecule has 1 aliphatic rings. The van der Waals surface area contributed by atoms with Crippen LogP contribution in [0.3, 0.4) is 0 Å². The summed E-state index contributed by atoms with van der Waals surface area (Å²) in [5.74, 6) is 0. The summed E-state index contributed by atoms with van der Waals surface area (Å²) in [6, 6.07) is 28.9. The first-order chi connectivity index (χ1) is 11.4. The lowest BCUT2D eigenvalue weighted by Gasteiger charge is -2.10. The molecule has 0 radical (unpaired) electrons. The smallest absolute Gasteiger partial charge is 0.0984 e. The maximum Gasteiger partial charge on any atom is 0.0984 e. The molecule has 1 aliphatic heterocycles. The monoisotopic (exact) mass is 296 g/mol. The first-order valence-electron chi connectivity index (χ1n) is 7.67. The van der Waals surface area contributed by atoms with Crippen molar-refractivity contribution in [1.82, 2.24) is 0 Å². The number of hydrogen-bond donors (Lipinski definition) is 1. The second-order valence-electron chi connectivity index (χ2n) is 5.45. The third kappa shape index (κ3) is 2.67. The van der Waals surface area contributed by atoms with E-state index in [0.717, 1.165) is 33.7 Å². The van der Waals surface area contributed by atoms with Crippen molar-refractivity contribution >= 4 is 23.0 Å². The zero-order valence-electron chi connectivity index (χ0n) is 12.6. The number of allylic oxidation sites excluding steroid dienone is 1. The van der Waals surface area contributed by atoms with Crippen LogP contribution in [-0.2, 0) is 0 Å². The second kappa shape index (κ2) is 5.93. The van der Waals surface area contributed by atoms with Gasteiger partial charge in [0.25, 0.3) is 0 Å². The molecule has 0 bridgehead atoms. The normalized spacial score (nSPS) is 13.2. The van der Waals surface area contributed by atoms with E-state index in [-0.39, 0.29) is 0 Å². The molecule has 23 heavy (non-hydrogen) atoms. The van der Waals surface area contributed by atoms with Gasteiger partial charge in [0, 0.05) is 16.7 Å². The van der Waals surface area contributed by atoms with Crippen LogP contribution in [-0.4, -0.2) is 5.71 Å². The summed E-state index contributed by atoms with van der Waals surface area (Å²) < 4.78 is 0. The number of rotatable bonds is 2. The average Bonchev–Trinajstić information content (AvgIpc) is 2.83. The molecule has 0 aromatic heterocycles. The van der Waals surface area contributed by atoms with Gasteiger partial charge < -0.3 is 0 Å². The lowest BCUT2D eigenvalue weighted by atomic mass is 9.94. The van der Waals surface area contributed by atoms with Crippen LogP contribution in [0.1, 0.15) is 16.7 Å². The minimum atomic E-state index is 0.952. The number of hydrogen-bond acceptors (Lipinski definition) is 2. The lowest BCUT2D eigenvalue weighted by molar-refractivity contribution is 1.34. The summed E-state index contributed by atoms with van der Waals surface area (Å²) >= 11 is 0. The molecular weight excluding hydrogens is 280 g/mol. The van der Waals surface area contributed by atoms with E-state index >= 15 is 0 Å². The molecule has 110 valence electrons. The molecule has 0 aliphatic carbocycles. The standard InChI is InChI=1S/C21H16N2/c1-3-9-16(10-4-1)19-15-18-13-7-8-14-20(18)22-23-21(19)17-11-5-2-6-12-17/h1-15,22H. The highest BCUT2D eigenvalue weighted by molar-refractivity contribution is 6.35. The van der Waals surface area contributed by atoms with Gasteiger partial charge >= 0.3 is 0 Å². The fourth-order valence-corrected chi connectivity index (χ4v) is 2.78. The van der Waals surface area contributed by atoms with Crippen molar-refractivity contribution in [3.63, 3.8) is 0 Å². The first kappa shape index (κ1) is 13.5. The molecule has 3 aromatic carbocycles. The Hall–Kier alpha value is -3.13. The molecule has 0 saturated heterocycles. The number of fused-ring (bicyclic) bond motifs is 1. The highest BCUT2D eigenvalue weighted by Crippen LogP contribution is 2.29. The lowest BCUT2D eigenvalue weighted by Crippen LogP contribution is -2.05. The van der Waals surface area contributed by atoms with Gasteiger partial charge in [-0.1, -0.05) is 78.9 Å². The molecule has 3 aromatic rings. The Labute approximate surface area is 135 Å². The van der Waals surface area contributed by atoms with Gasteiger partial charge in [-0.15, -0.1) is 0 Å². The second-order valence-corrected chi connectivity index (χ2v) is 5.45. The van der Waals surface area contributed by atoms with Gasteiger partial charge in [-0.3, -0.25) is 5.43 Å². The van der Waals surface area contributed by atoms with Crippen LogP contribution in [0.5, 0.6) is 0 Å². The Balaban J connectivity index is 1.93. The minimum Gasteiger partial charge on any atom is -0.277 e. The van der Waals surface area contributed by atoms with E-state index in [1.54, 1.807) is 0 Å². The number of benzene rings is 3. The summed E-state index contributed by atoms with van der Waals surface area (Å²) in [4.78, 5) is 0. The third-order valence-electron chi connectivity index (χ3n) is 3.94. The topological polar surface area (TPSA) is 24.4 Å². The van der Waals surface area contributed by atoms with Crippen LogP contribution in [0.2, 0.25) is 0 Å². The Morgan fingerprint density at radius 2 is 1.22 bits per heavy atom. The quantitative estimate of drug-likeness (QED) is 0.702. The van der Waals surface area contributed by atoms with Crippen molar-refractivity contribution < 1.29 is 0 Å². The van der Waals surface area contributed by atoms with E-state index in [0.29, 0.717) is 0 Å². The van der Waals surface area contributed by atoms with Crippen LogP contribution in [0.15, 0.2) is 90.0 Å². The molecule has 0 fully saturated rings. The van der Waals surface area contributed by atoms with E-state index < -0.39 is 0 Å². The molecule has 2 nitrogen and oxygen atoms in total. The van der Waals surface area contributed by atoms with Crippen molar-refractivity contribution in [2.45, 2.75) is 0 Å². The molecule has 0 amide bonds. The molecule has 0 saturated carbocycles. The van der Waals surface area contributed by atoms with Crippen molar-refractivity contribution in [2.75, 3.05) is 5.43 Å². The zero-order valence-corrected chi connectivity index (χ0v) is 12.6. The van der Waals surface area contributed by atoms with Gasteiger partial charge in [0.05, 0.1) is 11.4 Å². The molecule has 0 unspecified atom stereocenters. The van der Waals surface area contributed by atoms with Crippen LogP contribution in [0.4, 0.5) is 5.69 Å². The molecule has 0 spiro atoms. The van der Waals surface area contributed by atoms with Crippen LogP contribution < -0.4 is 5.43 Å². The van der Waals surface area contributed by atoms with Crippen LogP contribution in [0.25, 0.3) is 11.6 Å². The first-order valence-corrected chi connectivity index (χ1v) is 7.67. The SMILES string of the molecule is C1=C(c2ccccc2)C(c2ccccc2)=NNc2ccccc21. The zero-order chi connectivity index (χ0) is 15.5. The number of nitrogens with zero attached hydrogens (tertiary/aromatic N) is 1. The third-order valence-corrected chi connectivity index (χ3v) is 3.94. The summed E-state index contributed by atoms with van der Waals surface area (Å²) in [5.41, 5.74) is 9.70.